The Morgan fingerprint density at radius 3 is 3.07 bits per heavy atom. The molecule has 0 aromatic heterocycles. The van der Waals surface area contributed by atoms with Crippen molar-refractivity contribution in [3.63, 3.8) is 0 Å². The van der Waals surface area contributed by atoms with Gasteiger partial charge in [0, 0.05) is 12.2 Å². The first-order valence-corrected chi connectivity index (χ1v) is 5.22. The van der Waals surface area contributed by atoms with Crippen molar-refractivity contribution >= 4 is 23.2 Å². The maximum absolute atomic E-state index is 11.5. The van der Waals surface area contributed by atoms with Gasteiger partial charge >= 0.3 is 0 Å². The van der Waals surface area contributed by atoms with Crippen molar-refractivity contribution in [1.82, 2.24) is 0 Å². The molecule has 0 aliphatic carbocycles. The van der Waals surface area contributed by atoms with Gasteiger partial charge in [-0.2, -0.15) is 0 Å². The molecule has 0 fully saturated rings. The number of carbonyl (C=O) groups excluding carboxylic acids is 1. The van der Waals surface area contributed by atoms with Gasteiger partial charge in [-0.3, -0.25) is 4.79 Å². The Labute approximate surface area is 88.5 Å². The van der Waals surface area contributed by atoms with Gasteiger partial charge in [-0.15, -0.1) is 11.6 Å². The largest absolute Gasteiger partial charge is 0.311 e. The molecule has 0 saturated carbocycles. The van der Waals surface area contributed by atoms with Gasteiger partial charge in [-0.05, 0) is 24.5 Å². The zero-order valence-electron chi connectivity index (χ0n) is 8.09. The standard InChI is InChI=1S/C11H12ClNO/c1-8-3-2-4-9-5-6-13(11(8)9)10(14)7-12/h2-4H,5-7H2,1H3. The second kappa shape index (κ2) is 3.62. The first-order valence-electron chi connectivity index (χ1n) is 4.69. The summed E-state index contributed by atoms with van der Waals surface area (Å²) in [5.74, 6) is 0.0630. The number of amides is 1. The van der Waals surface area contributed by atoms with Crippen LogP contribution in [0.2, 0.25) is 0 Å². The predicted molar refractivity (Wildman–Crippen MR) is 58.0 cm³/mol. The number of halogens is 1. The Balaban J connectivity index is 2.43. The average Bonchev–Trinajstić information content (AvgIpc) is 2.62. The Morgan fingerprint density at radius 2 is 2.36 bits per heavy atom. The summed E-state index contributed by atoms with van der Waals surface area (Å²) in [5.41, 5.74) is 3.47. The normalized spacial score (nSPS) is 14.3. The highest BCUT2D eigenvalue weighted by Gasteiger charge is 2.24. The van der Waals surface area contributed by atoms with Crippen LogP contribution in [0.1, 0.15) is 11.1 Å². The van der Waals surface area contributed by atoms with Gasteiger partial charge in [0.1, 0.15) is 5.88 Å². The zero-order valence-corrected chi connectivity index (χ0v) is 8.84. The third-order valence-corrected chi connectivity index (χ3v) is 2.84. The van der Waals surface area contributed by atoms with Crippen LogP contribution < -0.4 is 4.90 Å². The molecule has 1 aliphatic heterocycles. The number of rotatable bonds is 1. The lowest BCUT2D eigenvalue weighted by Crippen LogP contribution is -2.30. The van der Waals surface area contributed by atoms with E-state index >= 15 is 0 Å². The molecule has 0 atom stereocenters. The number of fused-ring (bicyclic) bond motifs is 1. The van der Waals surface area contributed by atoms with E-state index < -0.39 is 0 Å². The molecule has 0 spiro atoms. The summed E-state index contributed by atoms with van der Waals surface area (Å²) >= 11 is 5.56. The van der Waals surface area contributed by atoms with E-state index in [1.54, 1.807) is 4.90 Å². The summed E-state index contributed by atoms with van der Waals surface area (Å²) in [5, 5.41) is 0. The van der Waals surface area contributed by atoms with Gasteiger partial charge in [0.15, 0.2) is 0 Å². The van der Waals surface area contributed by atoms with E-state index in [2.05, 4.69) is 6.07 Å². The second-order valence-corrected chi connectivity index (χ2v) is 3.78. The maximum Gasteiger partial charge on any atom is 0.241 e. The van der Waals surface area contributed by atoms with Gasteiger partial charge in [-0.1, -0.05) is 18.2 Å². The van der Waals surface area contributed by atoms with Gasteiger partial charge in [-0.25, -0.2) is 0 Å². The molecular weight excluding hydrogens is 198 g/mol. The maximum atomic E-state index is 11.5. The van der Waals surface area contributed by atoms with E-state index in [1.165, 1.54) is 5.56 Å². The van der Waals surface area contributed by atoms with Crippen LogP contribution >= 0.6 is 11.6 Å². The lowest BCUT2D eigenvalue weighted by atomic mass is 10.1. The van der Waals surface area contributed by atoms with Crippen molar-refractivity contribution in [2.24, 2.45) is 0 Å². The fraction of sp³-hybridized carbons (Fsp3) is 0.364. The molecule has 2 nitrogen and oxygen atoms in total. The van der Waals surface area contributed by atoms with Crippen LogP contribution in [0.5, 0.6) is 0 Å². The van der Waals surface area contributed by atoms with Crippen molar-refractivity contribution in [3.05, 3.63) is 29.3 Å². The van der Waals surface area contributed by atoms with Crippen molar-refractivity contribution in [2.75, 3.05) is 17.3 Å². The van der Waals surface area contributed by atoms with E-state index in [0.717, 1.165) is 24.2 Å². The number of alkyl halides is 1. The van der Waals surface area contributed by atoms with E-state index in [1.807, 2.05) is 19.1 Å². The summed E-state index contributed by atoms with van der Waals surface area (Å²) in [4.78, 5) is 13.3. The van der Waals surface area contributed by atoms with Gasteiger partial charge in [0.25, 0.3) is 0 Å². The minimum Gasteiger partial charge on any atom is -0.311 e. The molecule has 1 aliphatic rings. The topological polar surface area (TPSA) is 20.3 Å². The van der Waals surface area contributed by atoms with Crippen LogP contribution in [0.15, 0.2) is 18.2 Å². The molecular formula is C11H12ClNO. The quantitative estimate of drug-likeness (QED) is 0.649. The van der Waals surface area contributed by atoms with E-state index in [9.17, 15) is 4.79 Å². The zero-order chi connectivity index (χ0) is 10.1. The minimum absolute atomic E-state index is 0.000262. The SMILES string of the molecule is Cc1cccc2c1N(C(=O)CCl)CC2. The van der Waals surface area contributed by atoms with Crippen LogP contribution in [-0.2, 0) is 11.2 Å². The van der Waals surface area contributed by atoms with Crippen LogP contribution in [0, 0.1) is 6.92 Å². The van der Waals surface area contributed by atoms with Crippen LogP contribution in [0.3, 0.4) is 0 Å². The number of hydrogen-bond acceptors (Lipinski definition) is 1. The number of nitrogens with zero attached hydrogens (tertiary/aromatic N) is 1. The molecule has 1 aromatic rings. The second-order valence-electron chi connectivity index (χ2n) is 3.51. The molecule has 14 heavy (non-hydrogen) atoms. The number of anilines is 1. The van der Waals surface area contributed by atoms with Crippen molar-refractivity contribution < 1.29 is 4.79 Å². The summed E-state index contributed by atoms with van der Waals surface area (Å²) in [6.45, 7) is 2.80. The smallest absolute Gasteiger partial charge is 0.241 e. The number of aryl methyl sites for hydroxylation is 1. The monoisotopic (exact) mass is 209 g/mol. The third kappa shape index (κ3) is 1.40. The predicted octanol–water partition coefficient (Wildman–Crippen LogP) is 2.12. The van der Waals surface area contributed by atoms with Crippen molar-refractivity contribution in [3.8, 4) is 0 Å². The Bertz CT molecular complexity index is 376. The minimum atomic E-state index is -0.000262. The molecule has 0 unspecified atom stereocenters. The first kappa shape index (κ1) is 9.53. The summed E-state index contributed by atoms with van der Waals surface area (Å²) < 4.78 is 0. The van der Waals surface area contributed by atoms with E-state index in [0.29, 0.717) is 0 Å². The molecule has 1 aromatic carbocycles. The summed E-state index contributed by atoms with van der Waals surface area (Å²) in [6, 6.07) is 6.13. The van der Waals surface area contributed by atoms with E-state index in [-0.39, 0.29) is 11.8 Å². The van der Waals surface area contributed by atoms with Crippen LogP contribution in [0.25, 0.3) is 0 Å². The lowest BCUT2D eigenvalue weighted by molar-refractivity contribution is -0.116. The fourth-order valence-electron chi connectivity index (χ4n) is 1.97. The van der Waals surface area contributed by atoms with Gasteiger partial charge in [0.2, 0.25) is 5.91 Å². The summed E-state index contributed by atoms with van der Waals surface area (Å²) in [6.07, 6.45) is 0.944. The number of benzene rings is 1. The molecule has 0 saturated heterocycles. The van der Waals surface area contributed by atoms with Crippen LogP contribution in [-0.4, -0.2) is 18.3 Å². The molecule has 0 N–H and O–H groups in total. The van der Waals surface area contributed by atoms with Gasteiger partial charge < -0.3 is 4.90 Å². The van der Waals surface area contributed by atoms with Crippen LogP contribution in [0.4, 0.5) is 5.69 Å². The first-order chi connectivity index (χ1) is 6.74. The average molecular weight is 210 g/mol. The third-order valence-electron chi connectivity index (χ3n) is 2.61. The van der Waals surface area contributed by atoms with Crippen molar-refractivity contribution in [1.29, 1.82) is 0 Å². The molecule has 0 radical (unpaired) electrons. The van der Waals surface area contributed by atoms with Crippen molar-refractivity contribution in [2.45, 2.75) is 13.3 Å². The molecule has 0 bridgehead atoms. The fourth-order valence-corrected chi connectivity index (χ4v) is 2.12. The number of hydrogen-bond donors (Lipinski definition) is 0. The highest BCUT2D eigenvalue weighted by atomic mass is 35.5. The number of carbonyl (C=O) groups is 1. The highest BCUT2D eigenvalue weighted by molar-refractivity contribution is 6.29. The van der Waals surface area contributed by atoms with Gasteiger partial charge in [0.05, 0.1) is 0 Å². The Hall–Kier alpha value is -1.02. The summed E-state index contributed by atoms with van der Waals surface area (Å²) in [7, 11) is 0. The lowest BCUT2D eigenvalue weighted by Gasteiger charge is -2.17. The Kier molecular flexibility index (Phi) is 2.46. The van der Waals surface area contributed by atoms with E-state index in [4.69, 9.17) is 11.6 Å². The number of para-hydroxylation sites is 1. The molecule has 1 amide bonds. The molecule has 74 valence electrons. The molecule has 1 heterocycles. The Morgan fingerprint density at radius 1 is 1.57 bits per heavy atom. The highest BCUT2D eigenvalue weighted by Crippen LogP contribution is 2.31. The molecule has 3 heteroatoms. The molecule has 2 rings (SSSR count).